The first-order chi connectivity index (χ1) is 16.3. The van der Waals surface area contributed by atoms with Gasteiger partial charge in [-0.05, 0) is 74.8 Å². The first-order valence-corrected chi connectivity index (χ1v) is 12.2. The maximum Gasteiger partial charge on any atom is 0.323 e. The minimum atomic E-state index is -0.888. The van der Waals surface area contributed by atoms with E-state index >= 15 is 0 Å². The summed E-state index contributed by atoms with van der Waals surface area (Å²) < 4.78 is 0. The van der Waals surface area contributed by atoms with Crippen LogP contribution in [0.25, 0.3) is 0 Å². The molecule has 3 unspecified atom stereocenters. The summed E-state index contributed by atoms with van der Waals surface area (Å²) in [4.78, 5) is 41.5. The Labute approximate surface area is 204 Å². The fourth-order valence-electron chi connectivity index (χ4n) is 5.70. The lowest BCUT2D eigenvalue weighted by atomic mass is 9.57. The first kappa shape index (κ1) is 24.2. The summed E-state index contributed by atoms with van der Waals surface area (Å²) in [5.74, 6) is -0.230. The molecule has 34 heavy (non-hydrogen) atoms. The number of fused-ring (bicyclic) bond motifs is 1. The molecule has 2 aliphatic carbocycles. The van der Waals surface area contributed by atoms with Gasteiger partial charge in [-0.2, -0.15) is 0 Å². The Bertz CT molecular complexity index is 1070. The number of aromatic nitrogens is 1. The summed E-state index contributed by atoms with van der Waals surface area (Å²) in [7, 11) is 0. The number of halogens is 1. The Balaban J connectivity index is 1.35. The number of carboxylic acid groups (broad SMARTS) is 1. The van der Waals surface area contributed by atoms with Crippen molar-refractivity contribution in [1.29, 1.82) is 0 Å². The number of carboxylic acids is 1. The van der Waals surface area contributed by atoms with Crippen molar-refractivity contribution in [3.8, 4) is 0 Å². The number of Topliss-reactive ketones (excluding diaryl/α,β-unsaturated/α-hetero) is 1. The summed E-state index contributed by atoms with van der Waals surface area (Å²) in [6.07, 6.45) is 6.24. The van der Waals surface area contributed by atoms with E-state index < -0.39 is 11.4 Å². The smallest absolute Gasteiger partial charge is 0.323 e. The third-order valence-corrected chi connectivity index (χ3v) is 7.78. The van der Waals surface area contributed by atoms with Crippen LogP contribution in [0, 0.1) is 17.3 Å². The molecular formula is C26H30ClN3O4. The van der Waals surface area contributed by atoms with E-state index in [1.54, 1.807) is 30.5 Å². The van der Waals surface area contributed by atoms with Gasteiger partial charge in [-0.25, -0.2) is 4.79 Å². The van der Waals surface area contributed by atoms with Crippen LogP contribution in [0.2, 0.25) is 5.02 Å². The van der Waals surface area contributed by atoms with Crippen LogP contribution in [0.4, 0.5) is 16.2 Å². The van der Waals surface area contributed by atoms with E-state index in [1.807, 2.05) is 19.1 Å². The molecule has 0 bridgehead atoms. The molecule has 1 aromatic carbocycles. The monoisotopic (exact) mass is 483 g/mol. The number of benzene rings is 1. The maximum absolute atomic E-state index is 13.3. The van der Waals surface area contributed by atoms with Gasteiger partial charge in [0.2, 0.25) is 0 Å². The molecule has 0 aliphatic heterocycles. The number of hydrogen-bond acceptors (Lipinski definition) is 4. The first-order valence-electron chi connectivity index (χ1n) is 11.9. The summed E-state index contributed by atoms with van der Waals surface area (Å²) in [6.45, 7) is 1.93. The summed E-state index contributed by atoms with van der Waals surface area (Å²) in [5, 5.41) is 15.4. The van der Waals surface area contributed by atoms with Crippen LogP contribution in [0.5, 0.6) is 0 Å². The number of carbonyl (C=O) groups is 3. The Morgan fingerprint density at radius 2 is 1.94 bits per heavy atom. The third kappa shape index (κ3) is 5.25. The number of nitrogens with one attached hydrogen (secondary N) is 2. The average molecular weight is 484 g/mol. The molecule has 2 saturated carbocycles. The van der Waals surface area contributed by atoms with Gasteiger partial charge in [0.25, 0.3) is 0 Å². The number of anilines is 2. The quantitative estimate of drug-likeness (QED) is 0.459. The Morgan fingerprint density at radius 3 is 2.62 bits per heavy atom. The molecule has 7 nitrogen and oxygen atoms in total. The molecule has 4 atom stereocenters. The van der Waals surface area contributed by atoms with Gasteiger partial charge < -0.3 is 15.7 Å². The second kappa shape index (κ2) is 10.1. The number of urea groups is 1. The number of nitrogens with zero attached hydrogens (tertiary/aromatic N) is 1. The zero-order chi connectivity index (χ0) is 24.3. The minimum Gasteiger partial charge on any atom is -0.481 e. The number of pyridine rings is 1. The molecule has 2 amide bonds. The van der Waals surface area contributed by atoms with Gasteiger partial charge in [0, 0.05) is 33.7 Å². The van der Waals surface area contributed by atoms with Crippen molar-refractivity contribution in [2.45, 2.75) is 57.8 Å². The van der Waals surface area contributed by atoms with Gasteiger partial charge in [0.1, 0.15) is 5.78 Å². The van der Waals surface area contributed by atoms with E-state index in [1.165, 1.54) is 0 Å². The van der Waals surface area contributed by atoms with Crippen LogP contribution in [-0.4, -0.2) is 27.9 Å². The van der Waals surface area contributed by atoms with Crippen molar-refractivity contribution >= 4 is 40.8 Å². The summed E-state index contributed by atoms with van der Waals surface area (Å²) in [5.41, 5.74) is 1.46. The highest BCUT2D eigenvalue weighted by atomic mass is 35.5. The lowest BCUT2D eigenvalue weighted by Crippen LogP contribution is -2.46. The van der Waals surface area contributed by atoms with Crippen LogP contribution in [-0.2, 0) is 9.59 Å². The fraction of sp³-hybridized carbons (Fsp3) is 0.462. The summed E-state index contributed by atoms with van der Waals surface area (Å²) in [6, 6.07) is 10.3. The predicted octanol–water partition coefficient (Wildman–Crippen LogP) is 6.11. The van der Waals surface area contributed by atoms with Gasteiger partial charge in [-0.1, -0.05) is 24.6 Å². The maximum atomic E-state index is 13.3. The van der Waals surface area contributed by atoms with E-state index in [0.29, 0.717) is 29.2 Å². The van der Waals surface area contributed by atoms with E-state index in [2.05, 4.69) is 15.6 Å². The highest BCUT2D eigenvalue weighted by Crippen LogP contribution is 2.51. The normalized spacial score (nSPS) is 26.4. The van der Waals surface area contributed by atoms with Crippen LogP contribution in [0.3, 0.4) is 0 Å². The van der Waals surface area contributed by atoms with Crippen LogP contribution in [0.1, 0.15) is 63.5 Å². The van der Waals surface area contributed by atoms with E-state index in [-0.39, 0.29) is 36.0 Å². The van der Waals surface area contributed by atoms with Crippen molar-refractivity contribution in [1.82, 2.24) is 4.98 Å². The summed E-state index contributed by atoms with van der Waals surface area (Å²) >= 11 is 5.95. The van der Waals surface area contributed by atoms with E-state index in [9.17, 15) is 19.5 Å². The number of hydrogen-bond donors (Lipinski definition) is 3. The lowest BCUT2D eigenvalue weighted by Gasteiger charge is -2.46. The molecule has 4 rings (SSSR count). The number of carbonyl (C=O) groups excluding carboxylic acids is 2. The number of aliphatic carboxylic acids is 1. The molecule has 2 fully saturated rings. The average Bonchev–Trinajstić information content (AvgIpc) is 2.81. The Morgan fingerprint density at radius 1 is 1.15 bits per heavy atom. The predicted molar refractivity (Wildman–Crippen MR) is 131 cm³/mol. The third-order valence-electron chi connectivity index (χ3n) is 7.55. The topological polar surface area (TPSA) is 108 Å². The molecule has 1 aromatic heterocycles. The largest absolute Gasteiger partial charge is 0.481 e. The van der Waals surface area contributed by atoms with Crippen molar-refractivity contribution in [2.24, 2.45) is 17.3 Å². The molecule has 0 radical (unpaired) electrons. The minimum absolute atomic E-state index is 0.0413. The SMILES string of the molecule is CC[C@]1(CC(=O)O)CCC2CC(c3ccc(NC(=O)Nc4cccc(Cl)c4)cn3)CCC2C1=O. The van der Waals surface area contributed by atoms with Crippen LogP contribution >= 0.6 is 11.6 Å². The Kier molecular flexibility index (Phi) is 7.22. The molecule has 8 heteroatoms. The number of ketones is 1. The highest BCUT2D eigenvalue weighted by molar-refractivity contribution is 6.30. The molecule has 0 spiro atoms. The van der Waals surface area contributed by atoms with Crippen LogP contribution < -0.4 is 10.6 Å². The molecule has 180 valence electrons. The van der Waals surface area contributed by atoms with Crippen LogP contribution in [0.15, 0.2) is 42.6 Å². The van der Waals surface area contributed by atoms with Gasteiger partial charge >= 0.3 is 12.0 Å². The standard InChI is InChI=1S/C26H30ClN3O4/c1-2-26(14-23(31)32)11-10-16-12-17(6-8-21(16)24(26)33)22-9-7-20(15-28-22)30-25(34)29-19-5-3-4-18(27)13-19/h3-5,7,9,13,15-17,21H,2,6,8,10-12,14H2,1H3,(H,31,32)(H2,29,30,34)/t16?,17?,21?,26-/m1/s1. The molecule has 1 heterocycles. The van der Waals surface area contributed by atoms with Crippen molar-refractivity contribution < 1.29 is 19.5 Å². The zero-order valence-electron chi connectivity index (χ0n) is 19.2. The van der Waals surface area contributed by atoms with Gasteiger partial charge in [0.15, 0.2) is 0 Å². The molecule has 0 saturated heterocycles. The van der Waals surface area contributed by atoms with Crippen molar-refractivity contribution in [3.63, 3.8) is 0 Å². The lowest BCUT2D eigenvalue weighted by molar-refractivity contribution is -0.151. The van der Waals surface area contributed by atoms with Gasteiger partial charge in [0.05, 0.1) is 18.3 Å². The van der Waals surface area contributed by atoms with Crippen molar-refractivity contribution in [3.05, 3.63) is 53.3 Å². The second-order valence-electron chi connectivity index (χ2n) is 9.55. The highest BCUT2D eigenvalue weighted by Gasteiger charge is 2.50. The molecule has 3 N–H and O–H groups in total. The fourth-order valence-corrected chi connectivity index (χ4v) is 5.89. The molecule has 2 aromatic rings. The number of rotatable bonds is 6. The van der Waals surface area contributed by atoms with Gasteiger partial charge in [-0.3, -0.25) is 14.6 Å². The molecular weight excluding hydrogens is 454 g/mol. The second-order valence-corrected chi connectivity index (χ2v) is 9.98. The van der Waals surface area contributed by atoms with Gasteiger partial charge in [-0.15, -0.1) is 0 Å². The Hall–Kier alpha value is -2.93. The molecule has 2 aliphatic rings. The van der Waals surface area contributed by atoms with Crippen molar-refractivity contribution in [2.75, 3.05) is 10.6 Å². The van der Waals surface area contributed by atoms with E-state index in [4.69, 9.17) is 11.6 Å². The number of amides is 2. The zero-order valence-corrected chi connectivity index (χ0v) is 20.0. The van der Waals surface area contributed by atoms with E-state index in [0.717, 1.165) is 31.4 Å².